The summed E-state index contributed by atoms with van der Waals surface area (Å²) in [5, 5.41) is 10.5. The molecule has 5 heteroatoms. The number of carbonyl (C=O) groups is 1. The predicted octanol–water partition coefficient (Wildman–Crippen LogP) is 1.21. The second-order valence-corrected chi connectivity index (χ2v) is 4.07. The van der Waals surface area contributed by atoms with Gasteiger partial charge in [-0.15, -0.1) is 0 Å². The van der Waals surface area contributed by atoms with Gasteiger partial charge in [0.1, 0.15) is 0 Å². The SMILES string of the molecule is CC(=O)O.CC1=C2CCCCC2N=C(N)N1. The van der Waals surface area contributed by atoms with Gasteiger partial charge in [-0.25, -0.2) is 4.99 Å². The van der Waals surface area contributed by atoms with Crippen molar-refractivity contribution < 1.29 is 9.90 Å². The summed E-state index contributed by atoms with van der Waals surface area (Å²) in [6, 6.07) is 0.389. The molecule has 1 fully saturated rings. The zero-order valence-electron chi connectivity index (χ0n) is 9.79. The second-order valence-electron chi connectivity index (χ2n) is 4.07. The first kappa shape index (κ1) is 12.5. The predicted molar refractivity (Wildman–Crippen MR) is 63.0 cm³/mol. The monoisotopic (exact) mass is 225 g/mol. The van der Waals surface area contributed by atoms with Gasteiger partial charge in [-0.05, 0) is 31.8 Å². The van der Waals surface area contributed by atoms with Crippen molar-refractivity contribution in [2.24, 2.45) is 10.7 Å². The topological polar surface area (TPSA) is 87.7 Å². The smallest absolute Gasteiger partial charge is 0.300 e. The highest BCUT2D eigenvalue weighted by molar-refractivity contribution is 5.81. The Morgan fingerprint density at radius 1 is 1.56 bits per heavy atom. The van der Waals surface area contributed by atoms with Crippen LogP contribution < -0.4 is 11.1 Å². The Hall–Kier alpha value is -1.52. The Morgan fingerprint density at radius 3 is 2.81 bits per heavy atom. The second kappa shape index (κ2) is 5.53. The molecule has 0 aromatic carbocycles. The largest absolute Gasteiger partial charge is 0.481 e. The summed E-state index contributed by atoms with van der Waals surface area (Å²) in [5.41, 5.74) is 8.33. The molecule has 1 saturated carbocycles. The molecule has 0 aromatic rings. The number of nitrogens with one attached hydrogen (secondary N) is 1. The van der Waals surface area contributed by atoms with E-state index in [1.807, 2.05) is 0 Å². The van der Waals surface area contributed by atoms with Gasteiger partial charge in [-0.3, -0.25) is 4.79 Å². The minimum Gasteiger partial charge on any atom is -0.481 e. The van der Waals surface area contributed by atoms with E-state index in [1.165, 1.54) is 37.0 Å². The van der Waals surface area contributed by atoms with E-state index in [1.54, 1.807) is 0 Å². The first-order valence-corrected chi connectivity index (χ1v) is 5.50. The van der Waals surface area contributed by atoms with Crippen LogP contribution in [0.5, 0.6) is 0 Å². The van der Waals surface area contributed by atoms with Crippen molar-refractivity contribution in [3.8, 4) is 0 Å². The number of carboxylic acid groups (broad SMARTS) is 1. The zero-order chi connectivity index (χ0) is 12.1. The summed E-state index contributed by atoms with van der Waals surface area (Å²) in [7, 11) is 0. The number of guanidine groups is 1. The lowest BCUT2D eigenvalue weighted by Gasteiger charge is -2.28. The fraction of sp³-hybridized carbons (Fsp3) is 0.636. The third kappa shape index (κ3) is 3.56. The van der Waals surface area contributed by atoms with E-state index in [9.17, 15) is 0 Å². The highest BCUT2D eigenvalue weighted by atomic mass is 16.4. The summed E-state index contributed by atoms with van der Waals surface area (Å²) >= 11 is 0. The lowest BCUT2D eigenvalue weighted by Crippen LogP contribution is -2.38. The summed E-state index contributed by atoms with van der Waals surface area (Å²) in [5.74, 6) is -0.247. The van der Waals surface area contributed by atoms with Gasteiger partial charge in [0.15, 0.2) is 5.96 Å². The van der Waals surface area contributed by atoms with Crippen molar-refractivity contribution in [3.63, 3.8) is 0 Å². The van der Waals surface area contributed by atoms with Crippen LogP contribution in [-0.2, 0) is 4.79 Å². The first-order valence-electron chi connectivity index (χ1n) is 5.50. The van der Waals surface area contributed by atoms with Crippen molar-refractivity contribution in [2.75, 3.05) is 0 Å². The molecule has 0 aromatic heterocycles. The Kier molecular flexibility index (Phi) is 4.34. The van der Waals surface area contributed by atoms with Crippen LogP contribution in [0.25, 0.3) is 0 Å². The number of rotatable bonds is 0. The number of hydrogen-bond acceptors (Lipinski definition) is 4. The molecule has 1 aliphatic carbocycles. The number of aliphatic carboxylic acids is 1. The molecule has 2 rings (SSSR count). The molecule has 0 radical (unpaired) electrons. The van der Waals surface area contributed by atoms with Crippen molar-refractivity contribution in [3.05, 3.63) is 11.3 Å². The third-order valence-corrected chi connectivity index (χ3v) is 2.67. The number of hydrogen-bond donors (Lipinski definition) is 3. The number of carboxylic acids is 1. The van der Waals surface area contributed by atoms with E-state index in [0.29, 0.717) is 12.0 Å². The van der Waals surface area contributed by atoms with E-state index in [2.05, 4.69) is 17.2 Å². The average Bonchev–Trinajstić information content (AvgIpc) is 2.16. The fourth-order valence-corrected chi connectivity index (χ4v) is 2.05. The minimum atomic E-state index is -0.833. The van der Waals surface area contributed by atoms with E-state index in [-0.39, 0.29) is 0 Å². The number of allylic oxidation sites excluding steroid dienone is 1. The lowest BCUT2D eigenvalue weighted by atomic mass is 9.88. The van der Waals surface area contributed by atoms with E-state index in [0.717, 1.165) is 6.92 Å². The van der Waals surface area contributed by atoms with Gasteiger partial charge >= 0.3 is 0 Å². The average molecular weight is 225 g/mol. The van der Waals surface area contributed by atoms with E-state index >= 15 is 0 Å². The summed E-state index contributed by atoms with van der Waals surface area (Å²) in [6.45, 7) is 3.18. The molecule has 1 heterocycles. The Bertz CT molecular complexity index is 330. The zero-order valence-corrected chi connectivity index (χ0v) is 9.79. The molecule has 0 bridgehead atoms. The van der Waals surface area contributed by atoms with Crippen LogP contribution in [0.2, 0.25) is 0 Å². The quantitative estimate of drug-likeness (QED) is 0.578. The normalized spacial score (nSPS) is 23.4. The highest BCUT2D eigenvalue weighted by Gasteiger charge is 2.23. The molecular formula is C11H19N3O2. The van der Waals surface area contributed by atoms with Gasteiger partial charge in [-0.1, -0.05) is 6.42 Å². The minimum absolute atomic E-state index is 0.389. The molecular weight excluding hydrogens is 206 g/mol. The summed E-state index contributed by atoms with van der Waals surface area (Å²) < 4.78 is 0. The van der Waals surface area contributed by atoms with Gasteiger partial charge in [0.2, 0.25) is 0 Å². The van der Waals surface area contributed by atoms with E-state index < -0.39 is 5.97 Å². The fourth-order valence-electron chi connectivity index (χ4n) is 2.05. The van der Waals surface area contributed by atoms with E-state index in [4.69, 9.17) is 15.6 Å². The van der Waals surface area contributed by atoms with Gasteiger partial charge < -0.3 is 16.2 Å². The third-order valence-electron chi connectivity index (χ3n) is 2.67. The standard InChI is InChI=1S/C9H15N3.C2H4O2/c1-6-7-4-2-3-5-8(7)12-9(10)11-6;1-2(3)4/h8H,2-5H2,1H3,(H3,10,11,12);1H3,(H,3,4). The van der Waals surface area contributed by atoms with Crippen molar-refractivity contribution in [1.29, 1.82) is 0 Å². The first-order chi connectivity index (χ1) is 7.50. The molecule has 1 atom stereocenters. The number of aliphatic imine (C=N–C) groups is 1. The molecule has 90 valence electrons. The van der Waals surface area contributed by atoms with Crippen molar-refractivity contribution in [2.45, 2.75) is 45.6 Å². The van der Waals surface area contributed by atoms with Gasteiger partial charge in [0.25, 0.3) is 5.97 Å². The molecule has 1 aliphatic heterocycles. The van der Waals surface area contributed by atoms with Crippen molar-refractivity contribution >= 4 is 11.9 Å². The van der Waals surface area contributed by atoms with Gasteiger partial charge in [0.05, 0.1) is 6.04 Å². The van der Waals surface area contributed by atoms with Crippen LogP contribution in [0.15, 0.2) is 16.3 Å². The maximum absolute atomic E-state index is 9.00. The maximum Gasteiger partial charge on any atom is 0.300 e. The van der Waals surface area contributed by atoms with Crippen LogP contribution >= 0.6 is 0 Å². The molecule has 0 amide bonds. The highest BCUT2D eigenvalue weighted by Crippen LogP contribution is 2.29. The van der Waals surface area contributed by atoms with Gasteiger partial charge in [0, 0.05) is 12.6 Å². The molecule has 2 aliphatic rings. The van der Waals surface area contributed by atoms with Crippen LogP contribution in [0.4, 0.5) is 0 Å². The van der Waals surface area contributed by atoms with Crippen molar-refractivity contribution in [1.82, 2.24) is 5.32 Å². The van der Waals surface area contributed by atoms with Crippen LogP contribution in [0, 0.1) is 0 Å². The molecule has 0 spiro atoms. The number of nitrogens with two attached hydrogens (primary N) is 1. The molecule has 16 heavy (non-hydrogen) atoms. The molecule has 0 saturated heterocycles. The van der Waals surface area contributed by atoms with Crippen LogP contribution in [0.3, 0.4) is 0 Å². The maximum atomic E-state index is 9.00. The summed E-state index contributed by atoms with van der Waals surface area (Å²) in [6.07, 6.45) is 4.97. The molecule has 5 nitrogen and oxygen atoms in total. The Morgan fingerprint density at radius 2 is 2.19 bits per heavy atom. The number of nitrogens with zero attached hydrogens (tertiary/aromatic N) is 1. The molecule has 4 N–H and O–H groups in total. The number of fused-ring (bicyclic) bond motifs is 1. The van der Waals surface area contributed by atoms with Crippen LogP contribution in [0.1, 0.15) is 39.5 Å². The Labute approximate surface area is 95.4 Å². The van der Waals surface area contributed by atoms with Gasteiger partial charge in [-0.2, -0.15) is 0 Å². The van der Waals surface area contributed by atoms with Crippen LogP contribution in [-0.4, -0.2) is 23.1 Å². The molecule has 1 unspecified atom stereocenters. The Balaban J connectivity index is 0.000000280. The lowest BCUT2D eigenvalue weighted by molar-refractivity contribution is -0.134. The summed E-state index contributed by atoms with van der Waals surface area (Å²) in [4.78, 5) is 13.4.